The highest BCUT2D eigenvalue weighted by Gasteiger charge is 1.99. The summed E-state index contributed by atoms with van der Waals surface area (Å²) in [6, 6.07) is 6.70. The minimum atomic E-state index is 0.386. The van der Waals surface area contributed by atoms with Crippen molar-refractivity contribution in [1.82, 2.24) is 0 Å². The van der Waals surface area contributed by atoms with Crippen LogP contribution >= 0.6 is 11.8 Å². The summed E-state index contributed by atoms with van der Waals surface area (Å²) >= 11 is 1.92. The van der Waals surface area contributed by atoms with Crippen LogP contribution in [-0.4, -0.2) is 11.5 Å². The Bertz CT molecular complexity index is 351. The second-order valence-electron chi connectivity index (χ2n) is 4.54. The van der Waals surface area contributed by atoms with Crippen LogP contribution in [0, 0.1) is 13.8 Å². The van der Waals surface area contributed by atoms with Gasteiger partial charge in [0.15, 0.2) is 0 Å². The van der Waals surface area contributed by atoms with Crippen LogP contribution in [0.15, 0.2) is 18.2 Å². The normalized spacial score (nSPS) is 10.5. The predicted octanol–water partition coefficient (Wildman–Crippen LogP) is 4.30. The van der Waals surface area contributed by atoms with Crippen LogP contribution in [0.3, 0.4) is 0 Å². The monoisotopic (exact) mass is 250 g/mol. The summed E-state index contributed by atoms with van der Waals surface area (Å²) in [6.07, 6.45) is 2.44. The summed E-state index contributed by atoms with van der Waals surface area (Å²) in [5, 5.41) is 0. The summed E-state index contributed by atoms with van der Waals surface area (Å²) < 4.78 is 0. The molecule has 0 spiro atoms. The lowest BCUT2D eigenvalue weighted by molar-refractivity contribution is -0.118. The molecule has 2 heteroatoms. The van der Waals surface area contributed by atoms with Gasteiger partial charge in [-0.25, -0.2) is 0 Å². The van der Waals surface area contributed by atoms with Gasteiger partial charge in [0.2, 0.25) is 0 Å². The molecule has 0 saturated heterocycles. The third-order valence-electron chi connectivity index (χ3n) is 2.69. The van der Waals surface area contributed by atoms with Crippen LogP contribution < -0.4 is 0 Å². The van der Waals surface area contributed by atoms with Crippen molar-refractivity contribution in [2.24, 2.45) is 0 Å². The Balaban J connectivity index is 2.24. The Morgan fingerprint density at radius 3 is 2.41 bits per heavy atom. The standard InChI is InChI=1S/C15H22OS/c1-4-15(16)6-5-7-17-11-14-9-12(2)8-13(3)10-14/h8-10H,4-7,11H2,1-3H3. The fraction of sp³-hybridized carbons (Fsp3) is 0.533. The van der Waals surface area contributed by atoms with Gasteiger partial charge in [0, 0.05) is 18.6 Å². The highest BCUT2D eigenvalue weighted by molar-refractivity contribution is 7.98. The highest BCUT2D eigenvalue weighted by Crippen LogP contribution is 2.17. The largest absolute Gasteiger partial charge is 0.300 e. The molecule has 0 aromatic heterocycles. The number of carbonyl (C=O) groups excluding carboxylic acids is 1. The van der Waals surface area contributed by atoms with E-state index in [9.17, 15) is 4.79 Å². The van der Waals surface area contributed by atoms with E-state index in [2.05, 4.69) is 32.0 Å². The van der Waals surface area contributed by atoms with E-state index in [1.807, 2.05) is 18.7 Å². The number of ketones is 1. The van der Waals surface area contributed by atoms with Crippen molar-refractivity contribution in [1.29, 1.82) is 0 Å². The molecule has 1 rings (SSSR count). The van der Waals surface area contributed by atoms with Crippen molar-refractivity contribution in [3.05, 3.63) is 34.9 Å². The zero-order valence-corrected chi connectivity index (χ0v) is 11.9. The Morgan fingerprint density at radius 1 is 1.18 bits per heavy atom. The fourth-order valence-electron chi connectivity index (χ4n) is 1.89. The minimum absolute atomic E-state index is 0.386. The molecule has 0 unspecified atom stereocenters. The first kappa shape index (κ1) is 14.3. The number of hydrogen-bond acceptors (Lipinski definition) is 2. The Morgan fingerprint density at radius 2 is 1.82 bits per heavy atom. The van der Waals surface area contributed by atoms with Crippen LogP contribution in [0.2, 0.25) is 0 Å². The molecule has 0 aliphatic heterocycles. The van der Waals surface area contributed by atoms with E-state index >= 15 is 0 Å². The highest BCUT2D eigenvalue weighted by atomic mass is 32.2. The first-order valence-electron chi connectivity index (χ1n) is 6.28. The van der Waals surface area contributed by atoms with Gasteiger partial charge in [-0.15, -0.1) is 0 Å². The second kappa shape index (κ2) is 7.54. The number of thioether (sulfide) groups is 1. The maximum Gasteiger partial charge on any atom is 0.132 e. The molecule has 17 heavy (non-hydrogen) atoms. The van der Waals surface area contributed by atoms with E-state index in [4.69, 9.17) is 0 Å². The van der Waals surface area contributed by atoms with Crippen LogP contribution in [-0.2, 0) is 10.5 Å². The molecule has 94 valence electrons. The smallest absolute Gasteiger partial charge is 0.132 e. The predicted molar refractivity (Wildman–Crippen MR) is 76.6 cm³/mol. The average molecular weight is 250 g/mol. The van der Waals surface area contributed by atoms with Crippen LogP contribution in [0.1, 0.15) is 42.9 Å². The maximum atomic E-state index is 11.1. The van der Waals surface area contributed by atoms with Gasteiger partial charge in [0.25, 0.3) is 0 Å². The van der Waals surface area contributed by atoms with Gasteiger partial charge in [-0.3, -0.25) is 4.79 Å². The third-order valence-corrected chi connectivity index (χ3v) is 3.80. The molecule has 0 fully saturated rings. The van der Waals surface area contributed by atoms with Gasteiger partial charge < -0.3 is 0 Å². The fourth-order valence-corrected chi connectivity index (χ4v) is 2.79. The van der Waals surface area contributed by atoms with Crippen LogP contribution in [0.4, 0.5) is 0 Å². The SMILES string of the molecule is CCC(=O)CCCSCc1cc(C)cc(C)c1. The quantitative estimate of drug-likeness (QED) is 0.671. The Labute approximate surface area is 109 Å². The lowest BCUT2D eigenvalue weighted by Crippen LogP contribution is -1.95. The van der Waals surface area contributed by atoms with Gasteiger partial charge in [-0.1, -0.05) is 36.2 Å². The van der Waals surface area contributed by atoms with Crippen molar-refractivity contribution in [3.63, 3.8) is 0 Å². The van der Waals surface area contributed by atoms with E-state index in [1.165, 1.54) is 16.7 Å². The summed E-state index contributed by atoms with van der Waals surface area (Å²) in [6.45, 7) is 6.22. The molecule has 1 nitrogen and oxygen atoms in total. The molecular formula is C15H22OS. The molecule has 0 atom stereocenters. The minimum Gasteiger partial charge on any atom is -0.300 e. The molecular weight excluding hydrogens is 228 g/mol. The maximum absolute atomic E-state index is 11.1. The van der Waals surface area contributed by atoms with Crippen molar-refractivity contribution >= 4 is 17.5 Å². The molecule has 0 aliphatic rings. The van der Waals surface area contributed by atoms with Gasteiger partial charge in [0.1, 0.15) is 5.78 Å². The van der Waals surface area contributed by atoms with E-state index < -0.39 is 0 Å². The first-order chi connectivity index (χ1) is 8.11. The van der Waals surface area contributed by atoms with Crippen LogP contribution in [0.25, 0.3) is 0 Å². The molecule has 0 radical (unpaired) electrons. The number of carbonyl (C=O) groups is 1. The second-order valence-corrected chi connectivity index (χ2v) is 5.65. The van der Waals surface area contributed by atoms with Gasteiger partial charge in [-0.2, -0.15) is 11.8 Å². The van der Waals surface area contributed by atoms with Crippen LogP contribution in [0.5, 0.6) is 0 Å². The Hall–Kier alpha value is -0.760. The van der Waals surface area contributed by atoms with Crippen molar-refractivity contribution in [2.45, 2.75) is 45.8 Å². The Kier molecular flexibility index (Phi) is 6.35. The number of rotatable bonds is 7. The number of aryl methyl sites for hydroxylation is 2. The summed E-state index contributed by atoms with van der Waals surface area (Å²) in [5.74, 6) is 2.53. The summed E-state index contributed by atoms with van der Waals surface area (Å²) in [4.78, 5) is 11.1. The number of Topliss-reactive ketones (excluding diaryl/α,β-unsaturated/α-hetero) is 1. The molecule has 0 amide bonds. The van der Waals surface area contributed by atoms with Gasteiger partial charge in [-0.05, 0) is 31.6 Å². The van der Waals surface area contributed by atoms with E-state index in [-0.39, 0.29) is 0 Å². The first-order valence-corrected chi connectivity index (χ1v) is 7.44. The topological polar surface area (TPSA) is 17.1 Å². The molecule has 1 aromatic carbocycles. The summed E-state index contributed by atoms with van der Waals surface area (Å²) in [7, 11) is 0. The van der Waals surface area contributed by atoms with Gasteiger partial charge in [0.05, 0.1) is 0 Å². The van der Waals surface area contributed by atoms with E-state index in [0.717, 1.165) is 24.3 Å². The van der Waals surface area contributed by atoms with Crippen molar-refractivity contribution < 1.29 is 4.79 Å². The van der Waals surface area contributed by atoms with E-state index in [0.29, 0.717) is 12.2 Å². The van der Waals surface area contributed by atoms with Gasteiger partial charge >= 0.3 is 0 Å². The van der Waals surface area contributed by atoms with Crippen molar-refractivity contribution in [2.75, 3.05) is 5.75 Å². The lowest BCUT2D eigenvalue weighted by Gasteiger charge is -2.05. The molecule has 0 heterocycles. The molecule has 1 aromatic rings. The third kappa shape index (κ3) is 5.92. The lowest BCUT2D eigenvalue weighted by atomic mass is 10.1. The van der Waals surface area contributed by atoms with E-state index in [1.54, 1.807) is 0 Å². The summed E-state index contributed by atoms with van der Waals surface area (Å²) in [5.41, 5.74) is 4.07. The van der Waals surface area contributed by atoms with Crippen molar-refractivity contribution in [3.8, 4) is 0 Å². The molecule has 0 saturated carbocycles. The molecule has 0 N–H and O–H groups in total. The number of benzene rings is 1. The average Bonchev–Trinajstić information content (AvgIpc) is 2.27. The zero-order chi connectivity index (χ0) is 12.7. The number of hydrogen-bond donors (Lipinski definition) is 0. The zero-order valence-electron chi connectivity index (χ0n) is 11.1. The molecule has 0 aliphatic carbocycles. The molecule has 0 bridgehead atoms.